The standard InChI is InChI=1S/C25H31F3N4O3.C25H32F3N3O3.C24H28F3N3O3.C24H31N3O3.3H2/c1-16(2)8-13-35-18-4-5-19(29-15-18)23(34)31-11-9-24(10-12-31)21-7-6-20(22(33)25(26,27)28)32(21)17(3)14-30-24;1-16(2)34-19-7-6-18(14-20(19)33-5)23(32)30-11-10-24(15-17(30)3)21-8-9-22(25(26,27)28)31(21)13-12-29(24)4;1-15-13-16(5-7-18(15)33-4)21(32)29-11-9-23(10-12-29)19-8-6-17(20(31)24(25,26)27)30(19)14-22(2,3)28-23;1-16-14-18(6-8-20(16)30-5)22(29)26-12-10-24(11-13-26)21-9-7-19(17(2)28)27(21)15-23(3,4)25-24;;;/h4-7,15-17,30H,8-14H2,1-3H3;6-9,14,16-17H,10-13,15H2,1-5H3;5-8,13,28H,9-12,14H2,1-4H3;6-9,14,25H,10-13,15H2,1-5H3;3*1H/t;17-,24+;;;;;/m.0...../s1. The molecule has 0 bridgehead atoms. The summed E-state index contributed by atoms with van der Waals surface area (Å²) in [4.78, 5) is 102. The van der Waals surface area contributed by atoms with Crippen LogP contribution in [0.4, 0.5) is 39.5 Å². The van der Waals surface area contributed by atoms with Crippen molar-refractivity contribution in [3.63, 3.8) is 0 Å². The number of ether oxygens (including phenoxy) is 5. The zero-order chi connectivity index (χ0) is 96.1. The van der Waals surface area contributed by atoms with Crippen LogP contribution in [0.25, 0.3) is 0 Å². The van der Waals surface area contributed by atoms with Crippen molar-refractivity contribution >= 4 is 41.0 Å². The van der Waals surface area contributed by atoms with Gasteiger partial charge in [0.2, 0.25) is 0 Å². The van der Waals surface area contributed by atoms with Crippen LogP contribution in [-0.2, 0) is 48.0 Å². The second-order valence-corrected chi connectivity index (χ2v) is 38.3. The van der Waals surface area contributed by atoms with Gasteiger partial charge in [-0.05, 0) is 266 Å². The number of carbonyl (C=O) groups is 7. The Morgan fingerprint density at radius 1 is 0.500 bits per heavy atom. The Morgan fingerprint density at radius 3 is 1.44 bits per heavy atom. The summed E-state index contributed by atoms with van der Waals surface area (Å²) in [6.07, 6.45) is -6.94. The number of nitrogens with zero attached hydrogens (tertiary/aromatic N) is 10. The van der Waals surface area contributed by atoms with Crippen molar-refractivity contribution < 1.29 is 101 Å². The van der Waals surface area contributed by atoms with Crippen molar-refractivity contribution in [2.24, 2.45) is 5.92 Å². The van der Waals surface area contributed by atoms with Crippen LogP contribution < -0.4 is 39.6 Å². The number of likely N-dealkylation sites (N-methyl/N-ethyl adjacent to an activating group) is 1. The molecule has 132 heavy (non-hydrogen) atoms. The van der Waals surface area contributed by atoms with Crippen LogP contribution in [0.15, 0.2) is 121 Å². The van der Waals surface area contributed by atoms with Crippen molar-refractivity contribution in [1.29, 1.82) is 0 Å². The maximum absolute atomic E-state index is 13.5. The van der Waals surface area contributed by atoms with Gasteiger partial charge in [0.15, 0.2) is 17.3 Å². The second-order valence-electron chi connectivity index (χ2n) is 38.3. The molecule has 16 rings (SSSR count). The third kappa shape index (κ3) is 20.3. The molecule has 3 N–H and O–H groups in total. The maximum Gasteiger partial charge on any atom is 0.456 e. The molecule has 8 aliphatic heterocycles. The summed E-state index contributed by atoms with van der Waals surface area (Å²) in [5.41, 5.74) is 3.99. The lowest BCUT2D eigenvalue weighted by Crippen LogP contribution is -2.63. The fraction of sp³-hybridized carbons (Fsp3) is 0.531. The number of aryl methyl sites for hydroxylation is 2. The van der Waals surface area contributed by atoms with Crippen LogP contribution in [0, 0.1) is 19.8 Å². The molecule has 0 radical (unpaired) electrons. The summed E-state index contributed by atoms with van der Waals surface area (Å²) >= 11 is 0. The predicted octanol–water partition coefficient (Wildman–Crippen LogP) is 17.4. The zero-order valence-electron chi connectivity index (χ0n) is 78.2. The van der Waals surface area contributed by atoms with Gasteiger partial charge < -0.3 is 66.9 Å². The van der Waals surface area contributed by atoms with Crippen LogP contribution in [-0.4, -0.2) is 218 Å². The first-order chi connectivity index (χ1) is 62.0. The molecule has 8 aliphatic rings. The van der Waals surface area contributed by atoms with Crippen LogP contribution in [0.1, 0.15) is 257 Å². The van der Waals surface area contributed by atoms with Crippen molar-refractivity contribution in [3.8, 4) is 28.7 Å². The van der Waals surface area contributed by atoms with Gasteiger partial charge in [-0.1, -0.05) is 13.8 Å². The average molecular weight is 1850 g/mol. The lowest BCUT2D eigenvalue weighted by atomic mass is 9.78. The molecule has 4 spiro atoms. The van der Waals surface area contributed by atoms with Gasteiger partial charge in [-0.25, -0.2) is 4.98 Å². The van der Waals surface area contributed by atoms with E-state index in [1.165, 1.54) is 44.7 Å². The molecule has 3 atom stereocenters. The number of hydrogen-bond acceptors (Lipinski definition) is 17. The Bertz CT molecular complexity index is 5600. The van der Waals surface area contributed by atoms with E-state index < -0.39 is 57.9 Å². The number of likely N-dealkylation sites (tertiary alicyclic amines) is 4. The van der Waals surface area contributed by atoms with E-state index in [1.807, 2.05) is 89.6 Å². The summed E-state index contributed by atoms with van der Waals surface area (Å²) in [5.74, 6) is -0.193. The van der Waals surface area contributed by atoms with Crippen LogP contribution in [0.5, 0.6) is 28.7 Å². The van der Waals surface area contributed by atoms with Crippen LogP contribution in [0.3, 0.4) is 0 Å². The van der Waals surface area contributed by atoms with Crippen molar-refractivity contribution in [3.05, 3.63) is 201 Å². The second kappa shape index (κ2) is 38.2. The number of piperidine rings is 4. The molecule has 0 aliphatic carbocycles. The summed E-state index contributed by atoms with van der Waals surface area (Å²) < 4.78 is 154. The largest absolute Gasteiger partial charge is 0.496 e. The first-order valence-electron chi connectivity index (χ1n) is 45.1. The zero-order valence-corrected chi connectivity index (χ0v) is 78.2. The molecule has 25 nitrogen and oxygen atoms in total. The van der Waals surface area contributed by atoms with Gasteiger partial charge in [0.1, 0.15) is 28.6 Å². The highest BCUT2D eigenvalue weighted by molar-refractivity contribution is 6.01. The number of carbonyl (C=O) groups excluding carboxylic acids is 7. The normalized spacial score (nSPS) is 20.5. The molecule has 0 saturated carbocycles. The number of ketones is 3. The smallest absolute Gasteiger partial charge is 0.456 e. The summed E-state index contributed by atoms with van der Waals surface area (Å²) in [5, 5.41) is 10.9. The van der Waals surface area contributed by atoms with Crippen molar-refractivity contribution in [2.45, 2.75) is 237 Å². The molecular weight excluding hydrogens is 1720 g/mol. The number of aromatic nitrogens is 5. The lowest BCUT2D eigenvalue weighted by Gasteiger charge is -2.53. The lowest BCUT2D eigenvalue weighted by molar-refractivity contribution is -0.145. The third-order valence-corrected chi connectivity index (χ3v) is 27.1. The Labute approximate surface area is 768 Å². The predicted molar refractivity (Wildman–Crippen MR) is 485 cm³/mol. The van der Waals surface area contributed by atoms with E-state index >= 15 is 0 Å². The van der Waals surface area contributed by atoms with Gasteiger partial charge in [0.05, 0.1) is 79.5 Å². The molecule has 720 valence electrons. The molecule has 34 heteroatoms. The monoisotopic (exact) mass is 1850 g/mol. The SMILES string of the molecule is CC(C)CCOc1ccc(C(=O)N2CCC3(CC2)NCC(C)n2c(C(=O)C(F)(F)F)ccc23)nc1.COc1cc(C(=O)N2CC[C@@]3(C[C@@H]2C)c2ccc(C(F)(F)F)n2CCN3C)ccc1OC(C)C.COc1ccc(C(=O)N2CCC3(CC2)NC(C)(C)Cn2c(C(=O)C(F)(F)F)ccc23)cc1C.COc1ccc(C(=O)N2CCC3(CC2)NC(C)(C)Cn2c(C(C)=O)ccc23)cc1C.[HH].[HH].[HH]. The number of Topliss-reactive ketones (excluding diaryl/α,β-unsaturated/α-hetero) is 3. The van der Waals surface area contributed by atoms with E-state index in [4.69, 9.17) is 23.7 Å². The number of amides is 4. The number of hydrogen-bond donors (Lipinski definition) is 3. The highest BCUT2D eigenvalue weighted by Crippen LogP contribution is 2.49. The Morgan fingerprint density at radius 2 is 0.970 bits per heavy atom. The molecule has 8 aromatic rings. The number of pyridine rings is 1. The first kappa shape index (κ1) is 98.5. The van der Waals surface area contributed by atoms with E-state index in [2.05, 4.69) is 64.2 Å². The number of rotatable bonds is 16. The minimum absolute atomic E-state index is 0. The van der Waals surface area contributed by atoms with E-state index in [-0.39, 0.29) is 80.9 Å². The number of halogens is 9. The van der Waals surface area contributed by atoms with Gasteiger partial charge in [-0.2, -0.15) is 39.5 Å². The average Bonchev–Trinajstić information content (AvgIpc) is 1.70. The van der Waals surface area contributed by atoms with Gasteiger partial charge >= 0.3 is 18.5 Å². The van der Waals surface area contributed by atoms with E-state index in [0.29, 0.717) is 179 Å². The molecular formula is C98H128F9N13O12. The van der Waals surface area contributed by atoms with E-state index in [9.17, 15) is 73.1 Å². The summed E-state index contributed by atoms with van der Waals surface area (Å²) in [6, 6.07) is 31.6. The molecule has 4 saturated heterocycles. The first-order valence-corrected chi connectivity index (χ1v) is 45.1. The van der Waals surface area contributed by atoms with Gasteiger partial charge in [-0.3, -0.25) is 49.1 Å². The highest BCUT2D eigenvalue weighted by atomic mass is 19.4. The van der Waals surface area contributed by atoms with Crippen molar-refractivity contribution in [1.82, 2.24) is 63.7 Å². The molecule has 3 aromatic carbocycles. The molecule has 13 heterocycles. The number of nitrogens with one attached hydrogen (secondary N) is 3. The quantitative estimate of drug-likeness (QED) is 0.0601. The number of alkyl halides is 9. The number of fused-ring (bicyclic) bond motifs is 8. The molecule has 4 amide bonds. The minimum Gasteiger partial charge on any atom is -0.496 e. The minimum atomic E-state index is -4.93. The van der Waals surface area contributed by atoms with E-state index in [1.54, 1.807) is 111 Å². The third-order valence-electron chi connectivity index (χ3n) is 27.1. The Kier molecular flexibility index (Phi) is 28.5. The summed E-state index contributed by atoms with van der Waals surface area (Å²) in [7, 11) is 6.72. The Balaban J connectivity index is 0.000000185. The number of methoxy groups -OCH3 is 3. The van der Waals surface area contributed by atoms with Crippen LogP contribution >= 0.6 is 0 Å². The van der Waals surface area contributed by atoms with Gasteiger partial charge in [-0.15, -0.1) is 0 Å². The van der Waals surface area contributed by atoms with Crippen molar-refractivity contribution in [2.75, 3.05) is 93.9 Å². The highest BCUT2D eigenvalue weighted by Gasteiger charge is 2.54. The molecule has 5 aromatic heterocycles. The fourth-order valence-corrected chi connectivity index (χ4v) is 20.7. The Hall–Kier alpha value is -11.0. The van der Waals surface area contributed by atoms with Gasteiger partial charge in [0.25, 0.3) is 35.2 Å². The fourth-order valence-electron chi connectivity index (χ4n) is 20.7. The van der Waals surface area contributed by atoms with Crippen LogP contribution in [0.2, 0.25) is 0 Å². The molecule has 4 fully saturated rings. The van der Waals surface area contributed by atoms with Gasteiger partial charge in [0, 0.05) is 152 Å². The number of benzene rings is 3. The van der Waals surface area contributed by atoms with E-state index in [0.717, 1.165) is 48.4 Å². The molecule has 1 unspecified atom stereocenters. The summed E-state index contributed by atoms with van der Waals surface area (Å²) in [6.45, 7) is 31.9. The topological polar surface area (TPSA) is 251 Å². The maximum atomic E-state index is 13.5.